The number of hydrogen-bond acceptors (Lipinski definition) is 2. The molecule has 0 aliphatic carbocycles. The number of benzodiazepines with no additional fused rings is 1. The summed E-state index contributed by atoms with van der Waals surface area (Å²) in [7, 11) is 2.09. The SMILES string of the molecule is CN1CCN=C(/C=C/c2ccc(Cl)c(Cl)c2)c2ccc(Br)cc21.Cl.Cl. The molecule has 0 radical (unpaired) electrons. The Morgan fingerprint density at radius 3 is 2.52 bits per heavy atom. The lowest BCUT2D eigenvalue weighted by molar-refractivity contribution is 0.896. The van der Waals surface area contributed by atoms with Gasteiger partial charge in [0, 0.05) is 29.3 Å². The van der Waals surface area contributed by atoms with Crippen LogP contribution in [0, 0.1) is 0 Å². The molecule has 1 aliphatic rings. The van der Waals surface area contributed by atoms with E-state index < -0.39 is 0 Å². The van der Waals surface area contributed by atoms with E-state index in [2.05, 4.69) is 40.0 Å². The maximum Gasteiger partial charge on any atom is 0.0668 e. The van der Waals surface area contributed by atoms with Crippen LogP contribution in [0.15, 0.2) is 51.9 Å². The first kappa shape index (κ1) is 22.3. The highest BCUT2D eigenvalue weighted by molar-refractivity contribution is 9.10. The van der Waals surface area contributed by atoms with Crippen LogP contribution in [0.25, 0.3) is 6.08 Å². The van der Waals surface area contributed by atoms with Gasteiger partial charge < -0.3 is 4.90 Å². The summed E-state index contributed by atoms with van der Waals surface area (Å²) in [6.07, 6.45) is 4.05. The minimum Gasteiger partial charge on any atom is -0.372 e. The molecule has 0 saturated carbocycles. The van der Waals surface area contributed by atoms with Gasteiger partial charge in [0.2, 0.25) is 0 Å². The molecule has 0 fully saturated rings. The Morgan fingerprint density at radius 1 is 1.04 bits per heavy atom. The van der Waals surface area contributed by atoms with E-state index in [1.54, 1.807) is 6.07 Å². The van der Waals surface area contributed by atoms with Gasteiger partial charge in [0.25, 0.3) is 0 Å². The number of likely N-dealkylation sites (N-methyl/N-ethyl adjacent to an activating group) is 1. The summed E-state index contributed by atoms with van der Waals surface area (Å²) in [5.74, 6) is 0. The van der Waals surface area contributed by atoms with E-state index in [9.17, 15) is 0 Å². The smallest absolute Gasteiger partial charge is 0.0668 e. The maximum absolute atomic E-state index is 6.07. The van der Waals surface area contributed by atoms with Crippen molar-refractivity contribution in [3.05, 3.63) is 68.1 Å². The van der Waals surface area contributed by atoms with Crippen molar-refractivity contribution in [1.82, 2.24) is 0 Å². The van der Waals surface area contributed by atoms with Gasteiger partial charge in [0.05, 0.1) is 22.3 Å². The van der Waals surface area contributed by atoms with Crippen LogP contribution >= 0.6 is 63.9 Å². The van der Waals surface area contributed by atoms with Crippen molar-refractivity contribution in [2.24, 2.45) is 4.99 Å². The largest absolute Gasteiger partial charge is 0.372 e. The molecule has 0 spiro atoms. The van der Waals surface area contributed by atoms with Crippen molar-refractivity contribution in [3.8, 4) is 0 Å². The van der Waals surface area contributed by atoms with E-state index in [1.807, 2.05) is 30.4 Å². The topological polar surface area (TPSA) is 15.6 Å². The summed E-state index contributed by atoms with van der Waals surface area (Å²) in [5, 5.41) is 1.12. The number of rotatable bonds is 2. The van der Waals surface area contributed by atoms with Crippen molar-refractivity contribution < 1.29 is 0 Å². The lowest BCUT2D eigenvalue weighted by Crippen LogP contribution is -2.20. The lowest BCUT2D eigenvalue weighted by atomic mass is 10.1. The fourth-order valence-corrected chi connectivity index (χ4v) is 3.15. The minimum absolute atomic E-state index is 0. The quantitative estimate of drug-likeness (QED) is 0.473. The molecular weight excluding hydrogens is 466 g/mol. The zero-order valence-electron chi connectivity index (χ0n) is 13.4. The van der Waals surface area contributed by atoms with E-state index in [4.69, 9.17) is 28.2 Å². The van der Waals surface area contributed by atoms with Gasteiger partial charge in [-0.2, -0.15) is 0 Å². The molecule has 2 aromatic carbocycles. The standard InChI is InChI=1S/C18H15BrCl2N2.2ClH/c1-23-9-8-22-17(14-5-4-13(19)11-18(14)23)7-3-12-2-6-15(20)16(21)10-12;;/h2-7,10-11H,8-9H2,1H3;2*1H/b7-3+;;. The third-order valence-electron chi connectivity index (χ3n) is 3.74. The van der Waals surface area contributed by atoms with Crippen LogP contribution in [0.1, 0.15) is 11.1 Å². The Kier molecular flexibility index (Phi) is 8.79. The molecular formula is C18H17BrCl4N2. The Morgan fingerprint density at radius 2 is 1.80 bits per heavy atom. The fourth-order valence-electron chi connectivity index (χ4n) is 2.50. The monoisotopic (exact) mass is 480 g/mol. The summed E-state index contributed by atoms with van der Waals surface area (Å²) >= 11 is 15.6. The highest BCUT2D eigenvalue weighted by Crippen LogP contribution is 2.28. The molecule has 1 heterocycles. The number of anilines is 1. The number of halogens is 5. The van der Waals surface area contributed by atoms with Crippen LogP contribution in [-0.4, -0.2) is 25.8 Å². The Balaban J connectivity index is 0.00000156. The second-order valence-electron chi connectivity index (χ2n) is 5.36. The van der Waals surface area contributed by atoms with E-state index in [-0.39, 0.29) is 24.8 Å². The van der Waals surface area contributed by atoms with E-state index >= 15 is 0 Å². The zero-order chi connectivity index (χ0) is 16.4. The predicted octanol–water partition coefficient (Wildman–Crippen LogP) is 6.55. The third kappa shape index (κ3) is 5.38. The van der Waals surface area contributed by atoms with E-state index in [0.29, 0.717) is 10.0 Å². The van der Waals surface area contributed by atoms with Crippen LogP contribution in [0.3, 0.4) is 0 Å². The summed E-state index contributed by atoms with van der Waals surface area (Å²) < 4.78 is 1.07. The Labute approximate surface area is 178 Å². The van der Waals surface area contributed by atoms with Crippen molar-refractivity contribution in [1.29, 1.82) is 0 Å². The van der Waals surface area contributed by atoms with Crippen molar-refractivity contribution in [2.75, 3.05) is 25.0 Å². The molecule has 3 rings (SSSR count). The number of benzene rings is 2. The first-order chi connectivity index (χ1) is 11.0. The van der Waals surface area contributed by atoms with Gasteiger partial charge in [0.15, 0.2) is 0 Å². The number of allylic oxidation sites excluding steroid dienone is 1. The second kappa shape index (κ2) is 9.84. The Bertz CT molecular complexity index is 806. The molecule has 2 nitrogen and oxygen atoms in total. The molecule has 0 saturated heterocycles. The van der Waals surface area contributed by atoms with Crippen LogP contribution in [0.5, 0.6) is 0 Å². The molecule has 0 bridgehead atoms. The molecule has 7 heteroatoms. The molecule has 0 aromatic heterocycles. The van der Waals surface area contributed by atoms with Crippen LogP contribution in [-0.2, 0) is 0 Å². The van der Waals surface area contributed by atoms with Crippen LogP contribution in [0.4, 0.5) is 5.69 Å². The number of hydrogen-bond donors (Lipinski definition) is 0. The van der Waals surface area contributed by atoms with Crippen molar-refractivity contribution in [3.63, 3.8) is 0 Å². The number of fused-ring (bicyclic) bond motifs is 1. The molecule has 0 atom stereocenters. The van der Waals surface area contributed by atoms with Gasteiger partial charge in [-0.3, -0.25) is 4.99 Å². The molecule has 0 amide bonds. The molecule has 1 aliphatic heterocycles. The Hall–Kier alpha value is -0.710. The molecule has 134 valence electrons. The van der Waals surface area contributed by atoms with Crippen molar-refractivity contribution >= 4 is 81.4 Å². The fraction of sp³-hybridized carbons (Fsp3) is 0.167. The second-order valence-corrected chi connectivity index (χ2v) is 7.09. The van der Waals surface area contributed by atoms with Gasteiger partial charge in [-0.1, -0.05) is 51.3 Å². The molecule has 0 unspecified atom stereocenters. The minimum atomic E-state index is 0. The van der Waals surface area contributed by atoms with E-state index in [0.717, 1.165) is 34.4 Å². The summed E-state index contributed by atoms with van der Waals surface area (Å²) in [6, 6.07) is 11.9. The zero-order valence-corrected chi connectivity index (χ0v) is 18.1. The van der Waals surface area contributed by atoms with Gasteiger partial charge in [-0.15, -0.1) is 24.8 Å². The van der Waals surface area contributed by atoms with Crippen molar-refractivity contribution in [2.45, 2.75) is 0 Å². The van der Waals surface area contributed by atoms with Crippen LogP contribution in [0.2, 0.25) is 10.0 Å². The number of nitrogens with zero attached hydrogens (tertiary/aromatic N) is 2. The first-order valence-corrected chi connectivity index (χ1v) is 8.78. The first-order valence-electron chi connectivity index (χ1n) is 7.23. The summed E-state index contributed by atoms with van der Waals surface area (Å²) in [5.41, 5.74) is 4.28. The predicted molar refractivity (Wildman–Crippen MR) is 119 cm³/mol. The molecule has 0 N–H and O–H groups in total. The average molecular weight is 483 g/mol. The van der Waals surface area contributed by atoms with Gasteiger partial charge in [-0.25, -0.2) is 0 Å². The maximum atomic E-state index is 6.07. The molecule has 25 heavy (non-hydrogen) atoms. The summed E-state index contributed by atoms with van der Waals surface area (Å²) in [6.45, 7) is 1.66. The van der Waals surface area contributed by atoms with Gasteiger partial charge in [0.1, 0.15) is 0 Å². The molecule has 2 aromatic rings. The van der Waals surface area contributed by atoms with Gasteiger partial charge >= 0.3 is 0 Å². The highest BCUT2D eigenvalue weighted by atomic mass is 79.9. The highest BCUT2D eigenvalue weighted by Gasteiger charge is 2.14. The normalized spacial score (nSPS) is 13.4. The third-order valence-corrected chi connectivity index (χ3v) is 4.97. The summed E-state index contributed by atoms with van der Waals surface area (Å²) in [4.78, 5) is 6.94. The average Bonchev–Trinajstić information content (AvgIpc) is 2.68. The number of aliphatic imine (C=N–C) groups is 1. The van der Waals surface area contributed by atoms with Crippen LogP contribution < -0.4 is 4.90 Å². The van der Waals surface area contributed by atoms with E-state index in [1.165, 1.54) is 5.69 Å². The van der Waals surface area contributed by atoms with Gasteiger partial charge in [-0.05, 0) is 42.0 Å². The lowest BCUT2D eigenvalue weighted by Gasteiger charge is -2.19.